The van der Waals surface area contributed by atoms with Crippen LogP contribution in [0, 0.1) is 0 Å². The predicted octanol–water partition coefficient (Wildman–Crippen LogP) is 5.50. The van der Waals surface area contributed by atoms with E-state index in [-0.39, 0.29) is 23.4 Å². The lowest BCUT2D eigenvalue weighted by Gasteiger charge is -2.37. The van der Waals surface area contributed by atoms with Gasteiger partial charge in [-0.15, -0.1) is 0 Å². The second-order valence-electron chi connectivity index (χ2n) is 10.2. The van der Waals surface area contributed by atoms with Crippen molar-refractivity contribution in [2.75, 3.05) is 19.0 Å². The standard InChI is InChI=1S/C26H33ClN2O5Si/c1-26(2,3)35(5,6)34-14-13-22-23(30)28-21-15-19(27)11-12-20(21)24(31)29(22)16-17-7-9-18(10-8-17)25(32)33-4/h7-12,15,22H,13-14,16H2,1-6H3,(H,28,30)/t22-/m1/s1. The molecule has 1 aliphatic heterocycles. The number of halogens is 1. The van der Waals surface area contributed by atoms with Crippen molar-refractivity contribution in [3.05, 3.63) is 64.2 Å². The molecule has 0 spiro atoms. The SMILES string of the molecule is COC(=O)c1ccc(CN2C(=O)c3ccc(Cl)cc3NC(=O)[C@H]2CCO[Si](C)(C)C(C)(C)C)cc1. The number of hydrogen-bond acceptors (Lipinski definition) is 5. The van der Waals surface area contributed by atoms with Gasteiger partial charge < -0.3 is 19.4 Å². The highest BCUT2D eigenvalue weighted by Gasteiger charge is 2.39. The van der Waals surface area contributed by atoms with Crippen molar-refractivity contribution in [2.24, 2.45) is 0 Å². The molecule has 2 aromatic carbocycles. The van der Waals surface area contributed by atoms with Gasteiger partial charge in [-0.25, -0.2) is 4.79 Å². The van der Waals surface area contributed by atoms with Crippen LogP contribution in [0.3, 0.4) is 0 Å². The molecule has 2 aromatic rings. The van der Waals surface area contributed by atoms with Crippen LogP contribution in [0.1, 0.15) is 53.5 Å². The number of carbonyl (C=O) groups excluding carboxylic acids is 3. The highest BCUT2D eigenvalue weighted by molar-refractivity contribution is 6.74. The first-order valence-corrected chi connectivity index (χ1v) is 14.9. The quantitative estimate of drug-likeness (QED) is 0.388. The Morgan fingerprint density at radius 2 is 1.77 bits per heavy atom. The number of hydrogen-bond donors (Lipinski definition) is 1. The van der Waals surface area contributed by atoms with Crippen LogP contribution < -0.4 is 5.32 Å². The van der Waals surface area contributed by atoms with Gasteiger partial charge in [-0.1, -0.05) is 44.5 Å². The number of nitrogens with one attached hydrogen (secondary N) is 1. The molecule has 35 heavy (non-hydrogen) atoms. The van der Waals surface area contributed by atoms with Crippen LogP contribution in [0.5, 0.6) is 0 Å². The zero-order chi connectivity index (χ0) is 26.0. The molecule has 0 aromatic heterocycles. The van der Waals surface area contributed by atoms with Crippen LogP contribution in [0.15, 0.2) is 42.5 Å². The lowest BCUT2D eigenvalue weighted by atomic mass is 10.1. The number of rotatable bonds is 7. The average Bonchev–Trinajstić information content (AvgIpc) is 2.87. The van der Waals surface area contributed by atoms with Gasteiger partial charge in [-0.05, 0) is 60.4 Å². The first-order chi connectivity index (χ1) is 16.3. The third-order valence-corrected chi connectivity index (χ3v) is 11.6. The van der Waals surface area contributed by atoms with Gasteiger partial charge in [0, 0.05) is 18.2 Å². The normalized spacial score (nSPS) is 16.4. The maximum atomic E-state index is 13.6. The fraction of sp³-hybridized carbons (Fsp3) is 0.423. The largest absolute Gasteiger partial charge is 0.465 e. The first-order valence-electron chi connectivity index (χ1n) is 11.6. The summed E-state index contributed by atoms with van der Waals surface area (Å²) in [6, 6.07) is 10.9. The van der Waals surface area contributed by atoms with E-state index < -0.39 is 20.3 Å². The van der Waals surface area contributed by atoms with E-state index in [1.54, 1.807) is 47.4 Å². The summed E-state index contributed by atoms with van der Waals surface area (Å²) in [6.07, 6.45) is 0.353. The molecule has 0 saturated heterocycles. The summed E-state index contributed by atoms with van der Waals surface area (Å²) in [5.74, 6) is -0.998. The van der Waals surface area contributed by atoms with Crippen molar-refractivity contribution < 1.29 is 23.5 Å². The molecule has 2 amide bonds. The van der Waals surface area contributed by atoms with Crippen molar-refractivity contribution in [3.63, 3.8) is 0 Å². The highest BCUT2D eigenvalue weighted by Crippen LogP contribution is 2.37. The van der Waals surface area contributed by atoms with E-state index in [1.807, 2.05) is 0 Å². The Morgan fingerprint density at radius 3 is 2.37 bits per heavy atom. The zero-order valence-corrected chi connectivity index (χ0v) is 22.9. The molecule has 0 fully saturated rings. The summed E-state index contributed by atoms with van der Waals surface area (Å²) in [4.78, 5) is 40.3. The summed E-state index contributed by atoms with van der Waals surface area (Å²) in [5, 5.41) is 3.34. The second-order valence-corrected chi connectivity index (χ2v) is 15.5. The van der Waals surface area contributed by atoms with Crippen LogP contribution in [0.4, 0.5) is 5.69 Å². The van der Waals surface area contributed by atoms with Gasteiger partial charge in [0.25, 0.3) is 5.91 Å². The molecule has 1 N–H and O–H groups in total. The van der Waals surface area contributed by atoms with Gasteiger partial charge >= 0.3 is 5.97 Å². The van der Waals surface area contributed by atoms with Gasteiger partial charge in [0.05, 0.1) is 23.9 Å². The maximum absolute atomic E-state index is 13.6. The van der Waals surface area contributed by atoms with Crippen LogP contribution in [0.25, 0.3) is 0 Å². The molecule has 188 valence electrons. The van der Waals surface area contributed by atoms with E-state index in [0.29, 0.717) is 34.9 Å². The fourth-order valence-electron chi connectivity index (χ4n) is 3.63. The maximum Gasteiger partial charge on any atom is 0.337 e. The molecule has 0 saturated carbocycles. The summed E-state index contributed by atoms with van der Waals surface area (Å²) in [6.45, 7) is 11.3. The van der Waals surface area contributed by atoms with Crippen LogP contribution in [-0.4, -0.2) is 50.8 Å². The first kappa shape index (κ1) is 26.9. The van der Waals surface area contributed by atoms with E-state index in [0.717, 1.165) is 5.56 Å². The lowest BCUT2D eigenvalue weighted by molar-refractivity contribution is -0.121. The molecule has 0 radical (unpaired) electrons. The Bertz CT molecular complexity index is 1110. The molecular formula is C26H33ClN2O5Si. The molecule has 0 bridgehead atoms. The minimum Gasteiger partial charge on any atom is -0.465 e. The third kappa shape index (κ3) is 6.12. The Balaban J connectivity index is 1.90. The molecule has 3 rings (SSSR count). The van der Waals surface area contributed by atoms with E-state index in [2.05, 4.69) is 39.2 Å². The van der Waals surface area contributed by atoms with Gasteiger partial charge in [-0.2, -0.15) is 0 Å². The fourth-order valence-corrected chi connectivity index (χ4v) is 4.87. The Morgan fingerprint density at radius 1 is 1.11 bits per heavy atom. The molecule has 0 unspecified atom stereocenters. The predicted molar refractivity (Wildman–Crippen MR) is 139 cm³/mol. The summed E-state index contributed by atoms with van der Waals surface area (Å²) >= 11 is 6.13. The van der Waals surface area contributed by atoms with Gasteiger partial charge in [-0.3, -0.25) is 9.59 Å². The lowest BCUT2D eigenvalue weighted by Crippen LogP contribution is -2.47. The number of esters is 1. The smallest absolute Gasteiger partial charge is 0.337 e. The van der Waals surface area contributed by atoms with E-state index in [4.69, 9.17) is 20.8 Å². The molecule has 7 nitrogen and oxygen atoms in total. The molecule has 9 heteroatoms. The summed E-state index contributed by atoms with van der Waals surface area (Å²) in [5.41, 5.74) is 1.97. The van der Waals surface area contributed by atoms with Gasteiger partial charge in [0.2, 0.25) is 5.91 Å². The number of amides is 2. The Hall–Kier alpha value is -2.68. The van der Waals surface area contributed by atoms with Gasteiger partial charge in [0.1, 0.15) is 6.04 Å². The van der Waals surface area contributed by atoms with Crippen molar-refractivity contribution in [3.8, 4) is 0 Å². The van der Waals surface area contributed by atoms with Crippen LogP contribution >= 0.6 is 11.6 Å². The number of nitrogens with zero attached hydrogens (tertiary/aromatic N) is 1. The highest BCUT2D eigenvalue weighted by atomic mass is 35.5. The Labute approximate surface area is 212 Å². The van der Waals surface area contributed by atoms with Crippen molar-refractivity contribution in [2.45, 2.75) is 57.9 Å². The van der Waals surface area contributed by atoms with Gasteiger partial charge in [0.15, 0.2) is 8.32 Å². The summed E-state index contributed by atoms with van der Waals surface area (Å²) < 4.78 is 11.1. The molecule has 1 aliphatic rings. The summed E-state index contributed by atoms with van der Waals surface area (Å²) in [7, 11) is -0.701. The average molecular weight is 517 g/mol. The van der Waals surface area contributed by atoms with Crippen LogP contribution in [-0.2, 0) is 20.5 Å². The van der Waals surface area contributed by atoms with Crippen molar-refractivity contribution >= 4 is 43.4 Å². The van der Waals surface area contributed by atoms with E-state index in [9.17, 15) is 14.4 Å². The van der Waals surface area contributed by atoms with E-state index >= 15 is 0 Å². The number of benzene rings is 2. The van der Waals surface area contributed by atoms with E-state index in [1.165, 1.54) is 7.11 Å². The topological polar surface area (TPSA) is 84.9 Å². The monoisotopic (exact) mass is 516 g/mol. The molecule has 1 heterocycles. The second kappa shape index (κ2) is 10.5. The minimum atomic E-state index is -2.03. The molecule has 1 atom stereocenters. The van der Waals surface area contributed by atoms with Crippen molar-refractivity contribution in [1.29, 1.82) is 0 Å². The number of carbonyl (C=O) groups is 3. The van der Waals surface area contributed by atoms with Crippen LogP contribution in [0.2, 0.25) is 23.2 Å². The zero-order valence-electron chi connectivity index (χ0n) is 21.1. The number of anilines is 1. The number of fused-ring (bicyclic) bond motifs is 1. The van der Waals surface area contributed by atoms with Crippen molar-refractivity contribution in [1.82, 2.24) is 4.90 Å². The molecular weight excluding hydrogens is 484 g/mol. The third-order valence-electron chi connectivity index (χ3n) is 6.80. The molecule has 0 aliphatic carbocycles. The number of methoxy groups -OCH3 is 1. The Kier molecular flexibility index (Phi) is 8.09. The number of ether oxygens (including phenoxy) is 1. The minimum absolute atomic E-state index is 0.0303.